The Kier molecular flexibility index (Phi) is 3.84. The van der Waals surface area contributed by atoms with Crippen molar-refractivity contribution in [1.82, 2.24) is 4.98 Å². The molecule has 4 rings (SSSR count). The van der Waals surface area contributed by atoms with Crippen molar-refractivity contribution in [2.24, 2.45) is 5.92 Å². The predicted octanol–water partition coefficient (Wildman–Crippen LogP) is 2.93. The van der Waals surface area contributed by atoms with E-state index in [1.807, 2.05) is 18.4 Å². The summed E-state index contributed by atoms with van der Waals surface area (Å²) >= 11 is 1.41. The van der Waals surface area contributed by atoms with E-state index in [0.29, 0.717) is 11.7 Å². The van der Waals surface area contributed by atoms with E-state index in [0.717, 1.165) is 24.2 Å². The van der Waals surface area contributed by atoms with Crippen LogP contribution in [0.25, 0.3) is 0 Å². The Hall–Kier alpha value is -2.21. The maximum Gasteiger partial charge on any atom is 0.231 e. The minimum Gasteiger partial charge on any atom is -0.312 e. The van der Waals surface area contributed by atoms with Crippen molar-refractivity contribution in [3.63, 3.8) is 0 Å². The highest BCUT2D eigenvalue weighted by molar-refractivity contribution is 7.13. The fourth-order valence-electron chi connectivity index (χ4n) is 3.48. The number of amides is 2. The van der Waals surface area contributed by atoms with Crippen LogP contribution in [0, 0.1) is 12.8 Å². The second-order valence-electron chi connectivity index (χ2n) is 6.50. The van der Waals surface area contributed by atoms with Crippen LogP contribution in [0.5, 0.6) is 0 Å². The van der Waals surface area contributed by atoms with Crippen molar-refractivity contribution < 1.29 is 9.59 Å². The number of hydrogen-bond acceptors (Lipinski definition) is 4. The van der Waals surface area contributed by atoms with Crippen LogP contribution in [0.2, 0.25) is 0 Å². The molecule has 0 saturated carbocycles. The largest absolute Gasteiger partial charge is 0.312 e. The van der Waals surface area contributed by atoms with Gasteiger partial charge in [-0.3, -0.25) is 9.59 Å². The van der Waals surface area contributed by atoms with Gasteiger partial charge < -0.3 is 10.2 Å². The lowest BCUT2D eigenvalue weighted by atomic mass is 10.1. The normalized spacial score (nSPS) is 19.6. The van der Waals surface area contributed by atoms with Gasteiger partial charge in [-0.15, -0.1) is 11.3 Å². The third-order valence-electron chi connectivity index (χ3n) is 4.74. The van der Waals surface area contributed by atoms with Crippen LogP contribution < -0.4 is 10.2 Å². The van der Waals surface area contributed by atoms with Crippen LogP contribution in [-0.2, 0) is 22.4 Å². The number of nitrogens with one attached hydrogen (secondary N) is 1. The number of benzene rings is 1. The summed E-state index contributed by atoms with van der Waals surface area (Å²) in [6, 6.07) is 6.24. The molecule has 1 aliphatic carbocycles. The lowest BCUT2D eigenvalue weighted by Crippen LogP contribution is -2.28. The fourth-order valence-corrected chi connectivity index (χ4v) is 4.17. The van der Waals surface area contributed by atoms with Gasteiger partial charge in [-0.25, -0.2) is 4.98 Å². The molecule has 2 aromatic rings. The van der Waals surface area contributed by atoms with Crippen molar-refractivity contribution in [3.05, 3.63) is 40.4 Å². The highest BCUT2D eigenvalue weighted by Gasteiger charge is 2.35. The number of carbonyl (C=O) groups is 2. The van der Waals surface area contributed by atoms with Crippen molar-refractivity contribution in [2.45, 2.75) is 32.6 Å². The van der Waals surface area contributed by atoms with E-state index in [1.54, 1.807) is 4.90 Å². The summed E-state index contributed by atoms with van der Waals surface area (Å²) in [6.07, 6.45) is 3.65. The van der Waals surface area contributed by atoms with Crippen LogP contribution in [0.4, 0.5) is 10.8 Å². The number of fused-ring (bicyclic) bond motifs is 1. The molecule has 6 heteroatoms. The van der Waals surface area contributed by atoms with Gasteiger partial charge in [0.25, 0.3) is 0 Å². The molecule has 2 amide bonds. The van der Waals surface area contributed by atoms with Crippen molar-refractivity contribution in [2.75, 3.05) is 16.8 Å². The van der Waals surface area contributed by atoms with Crippen LogP contribution in [0.15, 0.2) is 23.6 Å². The van der Waals surface area contributed by atoms with Gasteiger partial charge in [0.05, 0.1) is 11.6 Å². The Morgan fingerprint density at radius 1 is 1.33 bits per heavy atom. The van der Waals surface area contributed by atoms with E-state index in [4.69, 9.17) is 0 Å². The molecule has 1 atom stereocenters. The summed E-state index contributed by atoms with van der Waals surface area (Å²) in [7, 11) is 0. The summed E-state index contributed by atoms with van der Waals surface area (Å²) < 4.78 is 0. The molecule has 124 valence electrons. The lowest BCUT2D eigenvalue weighted by Gasteiger charge is -2.17. The molecule has 1 aromatic heterocycles. The number of anilines is 2. The van der Waals surface area contributed by atoms with Gasteiger partial charge in [0.15, 0.2) is 5.13 Å². The third kappa shape index (κ3) is 2.82. The summed E-state index contributed by atoms with van der Waals surface area (Å²) in [6.45, 7) is 2.33. The molecule has 1 aromatic carbocycles. The second kappa shape index (κ2) is 6.02. The van der Waals surface area contributed by atoms with Crippen molar-refractivity contribution >= 4 is 34.0 Å². The molecule has 5 nitrogen and oxygen atoms in total. The molecule has 1 aliphatic heterocycles. The van der Waals surface area contributed by atoms with E-state index in [1.165, 1.54) is 28.9 Å². The number of carbonyl (C=O) groups excluding carboxylic acids is 2. The molecule has 0 bridgehead atoms. The lowest BCUT2D eigenvalue weighted by molar-refractivity contribution is -0.122. The van der Waals surface area contributed by atoms with Crippen LogP contribution in [0.3, 0.4) is 0 Å². The predicted molar refractivity (Wildman–Crippen MR) is 94.4 cm³/mol. The van der Waals surface area contributed by atoms with Crippen LogP contribution >= 0.6 is 11.3 Å². The molecule has 0 spiro atoms. The number of aryl methyl sites for hydroxylation is 3. The topological polar surface area (TPSA) is 62.3 Å². The van der Waals surface area contributed by atoms with Gasteiger partial charge in [0.2, 0.25) is 11.8 Å². The Labute approximate surface area is 144 Å². The molecule has 2 aliphatic rings. The summed E-state index contributed by atoms with van der Waals surface area (Å²) in [5.74, 6) is -0.431. The molecule has 1 saturated heterocycles. The Balaban J connectivity index is 1.47. The summed E-state index contributed by atoms with van der Waals surface area (Å²) in [5, 5.41) is 5.32. The first-order chi connectivity index (χ1) is 11.6. The van der Waals surface area contributed by atoms with E-state index < -0.39 is 0 Å². The zero-order chi connectivity index (χ0) is 16.7. The van der Waals surface area contributed by atoms with Gasteiger partial charge in [-0.1, -0.05) is 6.07 Å². The van der Waals surface area contributed by atoms with E-state index in [2.05, 4.69) is 22.4 Å². The zero-order valence-electron chi connectivity index (χ0n) is 13.5. The average molecular weight is 341 g/mol. The molecular weight excluding hydrogens is 322 g/mol. The molecule has 24 heavy (non-hydrogen) atoms. The maximum atomic E-state index is 12.4. The smallest absolute Gasteiger partial charge is 0.231 e. The molecule has 0 radical (unpaired) electrons. The summed E-state index contributed by atoms with van der Waals surface area (Å²) in [4.78, 5) is 30.8. The number of hydrogen-bond donors (Lipinski definition) is 1. The monoisotopic (exact) mass is 341 g/mol. The highest BCUT2D eigenvalue weighted by Crippen LogP contribution is 2.31. The molecule has 1 fully saturated rings. The second-order valence-corrected chi connectivity index (χ2v) is 7.35. The maximum absolute atomic E-state index is 12.4. The number of thiazole rings is 1. The first-order valence-electron chi connectivity index (χ1n) is 8.25. The molecule has 2 heterocycles. The SMILES string of the molecule is Cc1csc(NC(=O)[C@@H]2CC(=O)N(c3ccc4c(c3)CCC4)C2)n1. The Bertz CT molecular complexity index is 814. The van der Waals surface area contributed by atoms with E-state index >= 15 is 0 Å². The van der Waals surface area contributed by atoms with Gasteiger partial charge in [0.1, 0.15) is 0 Å². The number of aromatic nitrogens is 1. The Morgan fingerprint density at radius 3 is 2.96 bits per heavy atom. The van der Waals surface area contributed by atoms with Gasteiger partial charge in [-0.05, 0) is 49.4 Å². The number of nitrogens with zero attached hydrogens (tertiary/aromatic N) is 2. The average Bonchev–Trinajstić information content (AvgIpc) is 3.26. The third-order valence-corrected chi connectivity index (χ3v) is 5.61. The number of rotatable bonds is 3. The molecular formula is C18H19N3O2S. The van der Waals surface area contributed by atoms with Gasteiger partial charge in [-0.2, -0.15) is 0 Å². The zero-order valence-corrected chi connectivity index (χ0v) is 14.4. The van der Waals surface area contributed by atoms with Crippen LogP contribution in [-0.4, -0.2) is 23.3 Å². The highest BCUT2D eigenvalue weighted by atomic mass is 32.1. The van der Waals surface area contributed by atoms with Crippen LogP contribution in [0.1, 0.15) is 29.7 Å². The van der Waals surface area contributed by atoms with E-state index in [9.17, 15) is 9.59 Å². The quantitative estimate of drug-likeness (QED) is 0.934. The standard InChI is InChI=1S/C18H19N3O2S/c1-11-10-24-18(19-11)20-17(23)14-8-16(22)21(9-14)15-6-5-12-3-2-4-13(12)7-15/h5-7,10,14H,2-4,8-9H2,1H3,(H,19,20,23)/t14-/m1/s1. The minimum atomic E-state index is -0.324. The fraction of sp³-hybridized carbons (Fsp3) is 0.389. The van der Waals surface area contributed by atoms with Gasteiger partial charge >= 0.3 is 0 Å². The molecule has 0 unspecified atom stereocenters. The molecule has 1 N–H and O–H groups in total. The minimum absolute atomic E-state index is 0.0171. The first-order valence-corrected chi connectivity index (χ1v) is 9.13. The van der Waals surface area contributed by atoms with E-state index in [-0.39, 0.29) is 24.2 Å². The van der Waals surface area contributed by atoms with Crippen molar-refractivity contribution in [3.8, 4) is 0 Å². The first kappa shape index (κ1) is 15.3. The Morgan fingerprint density at radius 2 is 2.17 bits per heavy atom. The summed E-state index contributed by atoms with van der Waals surface area (Å²) in [5.41, 5.74) is 4.53. The van der Waals surface area contributed by atoms with Crippen molar-refractivity contribution in [1.29, 1.82) is 0 Å². The van der Waals surface area contributed by atoms with Gasteiger partial charge in [0, 0.05) is 24.0 Å².